The molecule has 1 aromatic carbocycles. The van der Waals surface area contributed by atoms with E-state index in [-0.39, 0.29) is 12.6 Å². The number of hydrogen-bond donors (Lipinski definition) is 2. The normalized spacial score (nSPS) is 15.8. The molecule has 1 fully saturated rings. The fourth-order valence-electron chi connectivity index (χ4n) is 2.09. The maximum atomic E-state index is 12.1. The Balaban J connectivity index is 1.90. The van der Waals surface area contributed by atoms with Crippen molar-refractivity contribution in [1.82, 2.24) is 9.80 Å². The van der Waals surface area contributed by atoms with Gasteiger partial charge in [-0.1, -0.05) is 29.3 Å². The Kier molecular flexibility index (Phi) is 5.27. The molecule has 1 saturated heterocycles. The Morgan fingerprint density at radius 2 is 1.86 bits per heavy atom. The predicted octanol–water partition coefficient (Wildman–Crippen LogP) is 2.23. The number of benzene rings is 1. The second-order valence-electron chi connectivity index (χ2n) is 4.69. The number of anilines is 1. The van der Waals surface area contributed by atoms with E-state index in [0.717, 1.165) is 0 Å². The van der Waals surface area contributed by atoms with Crippen molar-refractivity contribution >= 4 is 40.9 Å². The van der Waals surface area contributed by atoms with Crippen molar-refractivity contribution in [3.05, 3.63) is 28.2 Å². The number of carboxylic acid groups (broad SMARTS) is 1. The molecule has 0 aromatic heterocycles. The number of hydrogen-bond acceptors (Lipinski definition) is 3. The number of carbonyl (C=O) groups is 2. The smallest absolute Gasteiger partial charge is 0.321 e. The lowest BCUT2D eigenvalue weighted by atomic mass is 10.3. The van der Waals surface area contributed by atoms with Crippen molar-refractivity contribution < 1.29 is 14.7 Å². The third kappa shape index (κ3) is 4.23. The van der Waals surface area contributed by atoms with E-state index in [1.807, 2.05) is 0 Å². The number of nitrogens with one attached hydrogen (secondary N) is 1. The van der Waals surface area contributed by atoms with E-state index in [0.29, 0.717) is 41.9 Å². The quantitative estimate of drug-likeness (QED) is 0.890. The van der Waals surface area contributed by atoms with Crippen molar-refractivity contribution in [2.45, 2.75) is 0 Å². The number of rotatable bonds is 3. The maximum absolute atomic E-state index is 12.1. The Bertz CT molecular complexity index is 545. The summed E-state index contributed by atoms with van der Waals surface area (Å²) in [5.74, 6) is -0.862. The first-order valence-electron chi connectivity index (χ1n) is 6.41. The van der Waals surface area contributed by atoms with Crippen LogP contribution in [0.2, 0.25) is 10.0 Å². The third-order valence-corrected chi connectivity index (χ3v) is 4.03. The molecule has 2 amide bonds. The molecule has 0 bridgehead atoms. The standard InChI is InChI=1S/C13H15Cl2N3O3/c14-9-2-1-3-10(12(9)15)16-13(21)18-6-4-17(5-7-18)8-11(19)20/h1-3H,4-8H2,(H,16,21)(H,19,20). The summed E-state index contributed by atoms with van der Waals surface area (Å²) in [7, 11) is 0. The van der Waals surface area contributed by atoms with E-state index in [1.165, 1.54) is 0 Å². The average molecular weight is 332 g/mol. The van der Waals surface area contributed by atoms with Crippen LogP contribution in [-0.4, -0.2) is 59.6 Å². The third-order valence-electron chi connectivity index (χ3n) is 3.21. The monoisotopic (exact) mass is 331 g/mol. The van der Waals surface area contributed by atoms with Gasteiger partial charge < -0.3 is 15.3 Å². The first kappa shape index (κ1) is 15.9. The number of carbonyl (C=O) groups excluding carboxylic acids is 1. The molecule has 1 aromatic rings. The van der Waals surface area contributed by atoms with Crippen LogP contribution in [-0.2, 0) is 4.79 Å². The van der Waals surface area contributed by atoms with Crippen molar-refractivity contribution in [3.8, 4) is 0 Å². The molecule has 1 aliphatic rings. The molecule has 2 rings (SSSR count). The Labute approximate surface area is 132 Å². The summed E-state index contributed by atoms with van der Waals surface area (Å²) >= 11 is 11.9. The summed E-state index contributed by atoms with van der Waals surface area (Å²) in [6, 6.07) is 4.75. The Morgan fingerprint density at radius 3 is 2.48 bits per heavy atom. The van der Waals surface area contributed by atoms with Gasteiger partial charge in [-0.15, -0.1) is 0 Å². The van der Waals surface area contributed by atoms with E-state index >= 15 is 0 Å². The zero-order valence-corrected chi connectivity index (χ0v) is 12.7. The van der Waals surface area contributed by atoms with Gasteiger partial charge in [-0.25, -0.2) is 4.79 Å². The number of halogens is 2. The molecule has 8 heteroatoms. The van der Waals surface area contributed by atoms with Crippen LogP contribution in [0.4, 0.5) is 10.5 Å². The molecule has 0 aliphatic carbocycles. The van der Waals surface area contributed by atoms with Crippen LogP contribution in [0.3, 0.4) is 0 Å². The topological polar surface area (TPSA) is 72.9 Å². The summed E-state index contributed by atoms with van der Waals surface area (Å²) in [6.45, 7) is 2.00. The van der Waals surface area contributed by atoms with Gasteiger partial charge in [-0.3, -0.25) is 9.69 Å². The summed E-state index contributed by atoms with van der Waals surface area (Å²) in [5.41, 5.74) is 0.460. The van der Waals surface area contributed by atoms with Crippen molar-refractivity contribution in [2.24, 2.45) is 0 Å². The SMILES string of the molecule is O=C(O)CN1CCN(C(=O)Nc2cccc(Cl)c2Cl)CC1. The molecule has 0 saturated carbocycles. The lowest BCUT2D eigenvalue weighted by Gasteiger charge is -2.33. The highest BCUT2D eigenvalue weighted by Crippen LogP contribution is 2.29. The van der Waals surface area contributed by atoms with Gasteiger partial charge in [-0.2, -0.15) is 0 Å². The molecular formula is C13H15Cl2N3O3. The van der Waals surface area contributed by atoms with Crippen LogP contribution in [0.15, 0.2) is 18.2 Å². The van der Waals surface area contributed by atoms with E-state index < -0.39 is 5.97 Å². The molecule has 1 aliphatic heterocycles. The van der Waals surface area contributed by atoms with Crippen LogP contribution < -0.4 is 5.32 Å². The number of piperazine rings is 1. The summed E-state index contributed by atoms with van der Waals surface area (Å²) in [6.07, 6.45) is 0. The van der Waals surface area contributed by atoms with Gasteiger partial charge in [-0.05, 0) is 12.1 Å². The van der Waals surface area contributed by atoms with Gasteiger partial charge in [0.15, 0.2) is 0 Å². The van der Waals surface area contributed by atoms with E-state index in [9.17, 15) is 9.59 Å². The molecule has 1 heterocycles. The first-order valence-corrected chi connectivity index (χ1v) is 7.17. The molecule has 0 spiro atoms. The fourth-order valence-corrected chi connectivity index (χ4v) is 2.44. The van der Waals surface area contributed by atoms with Crippen LogP contribution >= 0.6 is 23.2 Å². The van der Waals surface area contributed by atoms with E-state index in [4.69, 9.17) is 28.3 Å². The van der Waals surface area contributed by atoms with Crippen LogP contribution in [0.5, 0.6) is 0 Å². The van der Waals surface area contributed by atoms with Gasteiger partial charge in [0.1, 0.15) is 0 Å². The summed E-state index contributed by atoms with van der Waals surface area (Å²) < 4.78 is 0. The second-order valence-corrected chi connectivity index (χ2v) is 5.47. The summed E-state index contributed by atoms with van der Waals surface area (Å²) in [4.78, 5) is 26.2. The van der Waals surface area contributed by atoms with Gasteiger partial charge in [0.05, 0.1) is 22.3 Å². The van der Waals surface area contributed by atoms with E-state index in [1.54, 1.807) is 28.0 Å². The largest absolute Gasteiger partial charge is 0.480 e. The first-order chi connectivity index (χ1) is 9.97. The number of amides is 2. The second kappa shape index (κ2) is 6.98. The van der Waals surface area contributed by atoms with Gasteiger partial charge in [0.2, 0.25) is 0 Å². The van der Waals surface area contributed by atoms with E-state index in [2.05, 4.69) is 5.32 Å². The zero-order valence-electron chi connectivity index (χ0n) is 11.2. The highest BCUT2D eigenvalue weighted by atomic mass is 35.5. The average Bonchev–Trinajstić information content (AvgIpc) is 2.44. The van der Waals surface area contributed by atoms with Crippen LogP contribution in [0.25, 0.3) is 0 Å². The molecule has 0 radical (unpaired) electrons. The Hall–Kier alpha value is -1.50. The van der Waals surface area contributed by atoms with Gasteiger partial charge in [0.25, 0.3) is 0 Å². The molecule has 114 valence electrons. The lowest BCUT2D eigenvalue weighted by molar-refractivity contribution is -0.138. The van der Waals surface area contributed by atoms with Gasteiger partial charge >= 0.3 is 12.0 Å². The minimum absolute atomic E-state index is 0.00438. The highest BCUT2D eigenvalue weighted by Gasteiger charge is 2.22. The minimum atomic E-state index is -0.862. The highest BCUT2D eigenvalue weighted by molar-refractivity contribution is 6.43. The molecule has 0 atom stereocenters. The summed E-state index contributed by atoms with van der Waals surface area (Å²) in [5, 5.41) is 12.1. The van der Waals surface area contributed by atoms with Crippen LogP contribution in [0, 0.1) is 0 Å². The molecule has 6 nitrogen and oxygen atoms in total. The minimum Gasteiger partial charge on any atom is -0.480 e. The number of carboxylic acids is 1. The van der Waals surface area contributed by atoms with Gasteiger partial charge in [0, 0.05) is 26.2 Å². The molecular weight excluding hydrogens is 317 g/mol. The zero-order chi connectivity index (χ0) is 15.4. The molecule has 2 N–H and O–H groups in total. The Morgan fingerprint density at radius 1 is 1.19 bits per heavy atom. The van der Waals surface area contributed by atoms with Crippen molar-refractivity contribution in [1.29, 1.82) is 0 Å². The molecule has 21 heavy (non-hydrogen) atoms. The number of urea groups is 1. The fraction of sp³-hybridized carbons (Fsp3) is 0.385. The molecule has 0 unspecified atom stereocenters. The lowest BCUT2D eigenvalue weighted by Crippen LogP contribution is -2.51. The number of aliphatic carboxylic acids is 1. The maximum Gasteiger partial charge on any atom is 0.321 e. The van der Waals surface area contributed by atoms with Crippen molar-refractivity contribution in [3.63, 3.8) is 0 Å². The predicted molar refractivity (Wildman–Crippen MR) is 81.1 cm³/mol. The van der Waals surface area contributed by atoms with Crippen molar-refractivity contribution in [2.75, 3.05) is 38.0 Å². The van der Waals surface area contributed by atoms with Crippen LogP contribution in [0.1, 0.15) is 0 Å². The number of nitrogens with zero attached hydrogens (tertiary/aromatic N) is 2.